The van der Waals surface area contributed by atoms with Crippen molar-refractivity contribution < 1.29 is 23.0 Å². The van der Waals surface area contributed by atoms with Crippen LogP contribution in [0, 0.1) is 0 Å². The van der Waals surface area contributed by atoms with Gasteiger partial charge in [-0.3, -0.25) is 0 Å². The summed E-state index contributed by atoms with van der Waals surface area (Å²) >= 11 is 0. The van der Waals surface area contributed by atoms with E-state index in [4.69, 9.17) is 0 Å². The average Bonchev–Trinajstić information content (AvgIpc) is 2.86. The topological polar surface area (TPSA) is 59.7 Å². The monoisotopic (exact) mass is 295 g/mol. The van der Waals surface area contributed by atoms with Crippen LogP contribution < -0.4 is 4.74 Å². The minimum Gasteiger partial charge on any atom is -0.507 e. The predicted molar refractivity (Wildman–Crippen MR) is 66.8 cm³/mol. The van der Waals surface area contributed by atoms with E-state index >= 15 is 0 Å². The summed E-state index contributed by atoms with van der Waals surface area (Å²) in [6.45, 7) is 0. The maximum Gasteiger partial charge on any atom is 0.573 e. The minimum atomic E-state index is -4.80. The van der Waals surface area contributed by atoms with E-state index < -0.39 is 12.1 Å². The third-order valence-corrected chi connectivity index (χ3v) is 2.73. The molecule has 0 radical (unpaired) electrons. The molecule has 0 saturated heterocycles. The van der Waals surface area contributed by atoms with Crippen LogP contribution in [-0.4, -0.2) is 26.1 Å². The maximum absolute atomic E-state index is 12.2. The van der Waals surface area contributed by atoms with Gasteiger partial charge in [0.2, 0.25) is 0 Å². The van der Waals surface area contributed by atoms with Crippen molar-refractivity contribution in [3.63, 3.8) is 0 Å². The first-order valence-electron chi connectivity index (χ1n) is 5.82. The van der Waals surface area contributed by atoms with Crippen molar-refractivity contribution >= 4 is 5.65 Å². The zero-order valence-electron chi connectivity index (χ0n) is 10.4. The van der Waals surface area contributed by atoms with E-state index in [2.05, 4.69) is 14.8 Å². The van der Waals surface area contributed by atoms with E-state index in [9.17, 15) is 18.3 Å². The summed E-state index contributed by atoms with van der Waals surface area (Å²) in [5.41, 5.74) is 1.01. The lowest BCUT2D eigenvalue weighted by atomic mass is 10.1. The number of alkyl halides is 3. The van der Waals surface area contributed by atoms with Crippen LogP contribution in [0.2, 0.25) is 0 Å². The van der Waals surface area contributed by atoms with Gasteiger partial charge in [0.15, 0.2) is 5.65 Å². The predicted octanol–water partition coefficient (Wildman–Crippen LogP) is 3.00. The number of benzene rings is 1. The fourth-order valence-corrected chi connectivity index (χ4v) is 1.88. The molecule has 1 N–H and O–H groups in total. The van der Waals surface area contributed by atoms with E-state index in [0.29, 0.717) is 11.3 Å². The molecule has 5 nitrogen and oxygen atoms in total. The quantitative estimate of drug-likeness (QED) is 0.789. The number of rotatable bonds is 2. The second kappa shape index (κ2) is 4.65. The molecule has 0 fully saturated rings. The van der Waals surface area contributed by atoms with Gasteiger partial charge in [0.1, 0.15) is 11.5 Å². The summed E-state index contributed by atoms with van der Waals surface area (Å²) in [7, 11) is 0. The van der Waals surface area contributed by atoms with Gasteiger partial charge in [-0.05, 0) is 30.3 Å². The third-order valence-electron chi connectivity index (χ3n) is 2.73. The zero-order valence-corrected chi connectivity index (χ0v) is 10.4. The first-order chi connectivity index (χ1) is 9.92. The number of fused-ring (bicyclic) bond motifs is 1. The van der Waals surface area contributed by atoms with Crippen LogP contribution in [0.1, 0.15) is 0 Å². The SMILES string of the molecule is Oc1ccc(OC(F)(F)F)cc1-c1ccc2nccn2n1. The lowest BCUT2D eigenvalue weighted by Gasteiger charge is -2.11. The van der Waals surface area contributed by atoms with Crippen LogP contribution in [0.25, 0.3) is 16.9 Å². The van der Waals surface area contributed by atoms with E-state index in [0.717, 1.165) is 18.2 Å². The molecule has 21 heavy (non-hydrogen) atoms. The molecule has 0 unspecified atom stereocenters. The molecule has 0 bridgehead atoms. The van der Waals surface area contributed by atoms with Crippen LogP contribution in [0.4, 0.5) is 13.2 Å². The van der Waals surface area contributed by atoms with Crippen LogP contribution in [0.15, 0.2) is 42.7 Å². The summed E-state index contributed by atoms with van der Waals surface area (Å²) < 4.78 is 42.0. The van der Waals surface area contributed by atoms with Crippen LogP contribution in [0.5, 0.6) is 11.5 Å². The molecule has 8 heteroatoms. The molecular weight excluding hydrogens is 287 g/mol. The summed E-state index contributed by atoms with van der Waals surface area (Å²) in [5.74, 6) is -0.626. The van der Waals surface area contributed by atoms with E-state index in [1.54, 1.807) is 18.3 Å². The highest BCUT2D eigenvalue weighted by molar-refractivity contribution is 5.69. The molecule has 2 heterocycles. The zero-order chi connectivity index (χ0) is 15.0. The van der Waals surface area contributed by atoms with Gasteiger partial charge in [0.25, 0.3) is 0 Å². The van der Waals surface area contributed by atoms with Gasteiger partial charge in [-0.25, -0.2) is 9.50 Å². The summed E-state index contributed by atoms with van der Waals surface area (Å²) in [5, 5.41) is 14.0. The Kier molecular flexibility index (Phi) is 2.93. The number of ether oxygens (including phenoxy) is 1. The van der Waals surface area contributed by atoms with Crippen molar-refractivity contribution in [2.45, 2.75) is 6.36 Å². The molecule has 108 valence electrons. The first kappa shape index (κ1) is 13.2. The Balaban J connectivity index is 2.05. The van der Waals surface area contributed by atoms with Gasteiger partial charge >= 0.3 is 6.36 Å². The fourth-order valence-electron chi connectivity index (χ4n) is 1.88. The Labute approximate surface area is 116 Å². The molecule has 2 aromatic heterocycles. The van der Waals surface area contributed by atoms with Crippen molar-refractivity contribution in [2.75, 3.05) is 0 Å². The normalized spacial score (nSPS) is 11.8. The van der Waals surface area contributed by atoms with Gasteiger partial charge < -0.3 is 9.84 Å². The summed E-state index contributed by atoms with van der Waals surface area (Å²) in [6, 6.07) is 6.42. The van der Waals surface area contributed by atoms with E-state index in [1.165, 1.54) is 10.7 Å². The number of aromatic nitrogens is 3. The Morgan fingerprint density at radius 2 is 1.95 bits per heavy atom. The second-order valence-corrected chi connectivity index (χ2v) is 4.18. The maximum atomic E-state index is 12.2. The highest BCUT2D eigenvalue weighted by Gasteiger charge is 2.31. The largest absolute Gasteiger partial charge is 0.573 e. The Morgan fingerprint density at radius 1 is 1.14 bits per heavy atom. The Hall–Kier alpha value is -2.77. The first-order valence-corrected chi connectivity index (χ1v) is 5.82. The lowest BCUT2D eigenvalue weighted by Crippen LogP contribution is -2.17. The van der Waals surface area contributed by atoms with Crippen molar-refractivity contribution in [1.29, 1.82) is 0 Å². The number of phenols is 1. The average molecular weight is 295 g/mol. The van der Waals surface area contributed by atoms with Crippen LogP contribution >= 0.6 is 0 Å². The lowest BCUT2D eigenvalue weighted by molar-refractivity contribution is -0.274. The third kappa shape index (κ3) is 2.73. The van der Waals surface area contributed by atoms with Gasteiger partial charge in [-0.15, -0.1) is 13.2 Å². The number of phenolic OH excluding ortho intramolecular Hbond substituents is 1. The molecule has 0 aliphatic rings. The molecule has 3 aromatic rings. The van der Waals surface area contributed by atoms with Gasteiger partial charge in [0, 0.05) is 18.0 Å². The molecule has 0 aliphatic carbocycles. The summed E-state index contributed by atoms with van der Waals surface area (Å²) in [6.07, 6.45) is -1.67. The van der Waals surface area contributed by atoms with Crippen LogP contribution in [0.3, 0.4) is 0 Å². The molecule has 0 amide bonds. The molecule has 1 aromatic carbocycles. The number of aromatic hydroxyl groups is 1. The van der Waals surface area contributed by atoms with E-state index in [1.807, 2.05) is 0 Å². The molecule has 0 atom stereocenters. The van der Waals surface area contributed by atoms with Crippen molar-refractivity contribution in [3.05, 3.63) is 42.7 Å². The van der Waals surface area contributed by atoms with Crippen molar-refractivity contribution in [1.82, 2.24) is 14.6 Å². The standard InChI is InChI=1S/C13H8F3N3O2/c14-13(15,16)21-8-1-3-11(20)9(7-8)10-2-4-12-17-5-6-19(12)18-10/h1-7,20H. The second-order valence-electron chi connectivity index (χ2n) is 4.18. The highest BCUT2D eigenvalue weighted by atomic mass is 19.4. The fraction of sp³-hybridized carbons (Fsp3) is 0.0769. The highest BCUT2D eigenvalue weighted by Crippen LogP contribution is 2.33. The number of nitrogens with zero attached hydrogens (tertiary/aromatic N) is 3. The number of imidazole rings is 1. The molecular formula is C13H8F3N3O2. The number of hydrogen-bond donors (Lipinski definition) is 1. The van der Waals surface area contributed by atoms with Crippen molar-refractivity contribution in [2.24, 2.45) is 0 Å². The van der Waals surface area contributed by atoms with E-state index in [-0.39, 0.29) is 11.3 Å². The molecule has 0 saturated carbocycles. The Morgan fingerprint density at radius 3 is 2.71 bits per heavy atom. The minimum absolute atomic E-state index is 0.132. The van der Waals surface area contributed by atoms with Crippen LogP contribution in [-0.2, 0) is 0 Å². The smallest absolute Gasteiger partial charge is 0.507 e. The molecule has 0 aliphatic heterocycles. The molecule has 3 rings (SSSR count). The van der Waals surface area contributed by atoms with Gasteiger partial charge in [-0.1, -0.05) is 0 Å². The molecule has 0 spiro atoms. The Bertz CT molecular complexity index is 799. The number of hydrogen-bond acceptors (Lipinski definition) is 4. The van der Waals surface area contributed by atoms with Crippen molar-refractivity contribution in [3.8, 4) is 22.8 Å². The summed E-state index contributed by atoms with van der Waals surface area (Å²) in [4.78, 5) is 4.01. The number of halogens is 3. The van der Waals surface area contributed by atoms with Gasteiger partial charge in [0.05, 0.1) is 5.69 Å². The van der Waals surface area contributed by atoms with Gasteiger partial charge in [-0.2, -0.15) is 5.10 Å².